The number of nitrogens with two attached hydrogens (primary N) is 1. The van der Waals surface area contributed by atoms with Gasteiger partial charge in [-0.05, 0) is 31.0 Å². The molecular formula is C10H12BrNO2. The zero-order chi connectivity index (χ0) is 10.7. The van der Waals surface area contributed by atoms with Crippen LogP contribution in [0.4, 0.5) is 0 Å². The van der Waals surface area contributed by atoms with E-state index in [1.165, 1.54) is 0 Å². The maximum atomic E-state index is 10.9. The first-order chi connectivity index (χ1) is 6.52. The standard InChI is InChI=1S/C10H12BrNO2/c1-6(12)5-8-7(10(13)14)3-2-4-9(8)11/h2-4,6H,5,12H2,1H3,(H,13,14)/t6-/m0/s1. The Bertz CT molecular complexity index is 350. The number of rotatable bonds is 3. The number of carbonyl (C=O) groups is 1. The molecule has 0 heterocycles. The molecule has 0 radical (unpaired) electrons. The molecule has 0 amide bonds. The molecule has 0 aliphatic heterocycles. The molecule has 0 aliphatic rings. The molecule has 0 aromatic heterocycles. The Morgan fingerprint density at radius 1 is 1.64 bits per heavy atom. The SMILES string of the molecule is C[C@H](N)Cc1c(Br)cccc1C(=O)O. The van der Waals surface area contributed by atoms with E-state index in [1.807, 2.05) is 13.0 Å². The van der Waals surface area contributed by atoms with Gasteiger partial charge in [0, 0.05) is 10.5 Å². The number of benzene rings is 1. The average Bonchev–Trinajstić information content (AvgIpc) is 2.07. The Kier molecular flexibility index (Phi) is 3.66. The lowest BCUT2D eigenvalue weighted by atomic mass is 10.0. The van der Waals surface area contributed by atoms with Gasteiger partial charge in [-0.2, -0.15) is 0 Å². The average molecular weight is 258 g/mol. The Labute approximate surface area is 91.1 Å². The lowest BCUT2D eigenvalue weighted by Gasteiger charge is -2.10. The fraction of sp³-hybridized carbons (Fsp3) is 0.300. The van der Waals surface area contributed by atoms with Gasteiger partial charge in [0.05, 0.1) is 5.56 Å². The van der Waals surface area contributed by atoms with Gasteiger partial charge in [0.2, 0.25) is 0 Å². The van der Waals surface area contributed by atoms with Crippen LogP contribution in [0.1, 0.15) is 22.8 Å². The van der Waals surface area contributed by atoms with Crippen molar-refractivity contribution in [3.8, 4) is 0 Å². The number of hydrogen-bond acceptors (Lipinski definition) is 2. The second-order valence-corrected chi connectivity index (χ2v) is 4.11. The molecule has 1 aromatic carbocycles. The predicted octanol–water partition coefficient (Wildman–Crippen LogP) is 2.04. The number of carboxylic acids is 1. The van der Waals surface area contributed by atoms with E-state index in [9.17, 15) is 4.79 Å². The zero-order valence-electron chi connectivity index (χ0n) is 7.83. The van der Waals surface area contributed by atoms with Crippen molar-refractivity contribution in [1.29, 1.82) is 0 Å². The third-order valence-electron chi connectivity index (χ3n) is 1.88. The highest BCUT2D eigenvalue weighted by atomic mass is 79.9. The van der Waals surface area contributed by atoms with Crippen LogP contribution in [0, 0.1) is 0 Å². The summed E-state index contributed by atoms with van der Waals surface area (Å²) in [4.78, 5) is 10.9. The minimum Gasteiger partial charge on any atom is -0.478 e. The van der Waals surface area contributed by atoms with Gasteiger partial charge in [-0.3, -0.25) is 0 Å². The van der Waals surface area contributed by atoms with Crippen LogP contribution in [0.2, 0.25) is 0 Å². The molecule has 3 N–H and O–H groups in total. The molecule has 0 fully saturated rings. The van der Waals surface area contributed by atoms with Gasteiger partial charge < -0.3 is 10.8 Å². The molecule has 0 unspecified atom stereocenters. The highest BCUT2D eigenvalue weighted by Gasteiger charge is 2.13. The molecule has 76 valence electrons. The van der Waals surface area contributed by atoms with E-state index >= 15 is 0 Å². The van der Waals surface area contributed by atoms with Gasteiger partial charge in [0.25, 0.3) is 0 Å². The molecule has 1 aromatic rings. The van der Waals surface area contributed by atoms with Gasteiger partial charge in [-0.15, -0.1) is 0 Å². The summed E-state index contributed by atoms with van der Waals surface area (Å²) in [6.07, 6.45) is 0.559. The molecule has 0 bridgehead atoms. The van der Waals surface area contributed by atoms with E-state index in [-0.39, 0.29) is 6.04 Å². The normalized spacial score (nSPS) is 12.5. The van der Waals surface area contributed by atoms with Crippen molar-refractivity contribution in [2.24, 2.45) is 5.73 Å². The second-order valence-electron chi connectivity index (χ2n) is 3.25. The summed E-state index contributed by atoms with van der Waals surface area (Å²) in [5, 5.41) is 8.94. The van der Waals surface area contributed by atoms with Crippen molar-refractivity contribution in [1.82, 2.24) is 0 Å². The monoisotopic (exact) mass is 257 g/mol. The number of halogens is 1. The van der Waals surface area contributed by atoms with E-state index in [0.717, 1.165) is 10.0 Å². The first-order valence-electron chi connectivity index (χ1n) is 4.28. The van der Waals surface area contributed by atoms with Crippen molar-refractivity contribution >= 4 is 21.9 Å². The van der Waals surface area contributed by atoms with Gasteiger partial charge in [0.1, 0.15) is 0 Å². The summed E-state index contributed by atoms with van der Waals surface area (Å²) in [6, 6.07) is 5.07. The van der Waals surface area contributed by atoms with Crippen LogP contribution in [-0.4, -0.2) is 17.1 Å². The van der Waals surface area contributed by atoms with Gasteiger partial charge in [-0.25, -0.2) is 4.79 Å². The maximum Gasteiger partial charge on any atom is 0.336 e. The first-order valence-corrected chi connectivity index (χ1v) is 5.08. The number of aromatic carboxylic acids is 1. The van der Waals surface area contributed by atoms with E-state index in [2.05, 4.69) is 15.9 Å². The Balaban J connectivity index is 3.15. The molecule has 4 heteroatoms. The molecule has 1 atom stereocenters. The van der Waals surface area contributed by atoms with Crippen molar-refractivity contribution in [2.75, 3.05) is 0 Å². The second kappa shape index (κ2) is 4.57. The zero-order valence-corrected chi connectivity index (χ0v) is 9.41. The molecule has 0 saturated heterocycles. The fourth-order valence-electron chi connectivity index (χ4n) is 1.29. The lowest BCUT2D eigenvalue weighted by Crippen LogP contribution is -2.20. The molecule has 0 aliphatic carbocycles. The van der Waals surface area contributed by atoms with Gasteiger partial charge in [0.15, 0.2) is 0 Å². The summed E-state index contributed by atoms with van der Waals surface area (Å²) < 4.78 is 0.801. The van der Waals surface area contributed by atoms with Crippen LogP contribution < -0.4 is 5.73 Å². The van der Waals surface area contributed by atoms with Gasteiger partial charge >= 0.3 is 5.97 Å². The van der Waals surface area contributed by atoms with Crippen molar-refractivity contribution in [2.45, 2.75) is 19.4 Å². The summed E-state index contributed by atoms with van der Waals surface area (Å²) in [5.74, 6) is -0.915. The number of hydrogen-bond donors (Lipinski definition) is 2. The van der Waals surface area contributed by atoms with E-state index in [0.29, 0.717) is 12.0 Å². The van der Waals surface area contributed by atoms with Crippen molar-refractivity contribution in [3.05, 3.63) is 33.8 Å². The Morgan fingerprint density at radius 3 is 2.79 bits per heavy atom. The molecular weight excluding hydrogens is 246 g/mol. The quantitative estimate of drug-likeness (QED) is 0.871. The highest BCUT2D eigenvalue weighted by molar-refractivity contribution is 9.10. The van der Waals surface area contributed by atoms with E-state index in [4.69, 9.17) is 10.8 Å². The highest BCUT2D eigenvalue weighted by Crippen LogP contribution is 2.22. The lowest BCUT2D eigenvalue weighted by molar-refractivity contribution is 0.0695. The molecule has 14 heavy (non-hydrogen) atoms. The van der Waals surface area contributed by atoms with Crippen LogP contribution >= 0.6 is 15.9 Å². The molecule has 1 rings (SSSR count). The summed E-state index contributed by atoms with van der Waals surface area (Å²) in [7, 11) is 0. The summed E-state index contributed by atoms with van der Waals surface area (Å²) in [6.45, 7) is 1.85. The molecule has 0 spiro atoms. The number of carboxylic acid groups (broad SMARTS) is 1. The first kappa shape index (κ1) is 11.2. The third-order valence-corrected chi connectivity index (χ3v) is 2.62. The molecule has 0 saturated carbocycles. The van der Waals surface area contributed by atoms with E-state index in [1.54, 1.807) is 12.1 Å². The van der Waals surface area contributed by atoms with Crippen LogP contribution in [0.25, 0.3) is 0 Å². The Morgan fingerprint density at radius 2 is 2.29 bits per heavy atom. The predicted molar refractivity (Wildman–Crippen MR) is 58.5 cm³/mol. The fourth-order valence-corrected chi connectivity index (χ4v) is 1.82. The molecule has 3 nitrogen and oxygen atoms in total. The van der Waals surface area contributed by atoms with Crippen LogP contribution in [0.15, 0.2) is 22.7 Å². The Hall–Kier alpha value is -0.870. The van der Waals surface area contributed by atoms with Crippen LogP contribution in [0.3, 0.4) is 0 Å². The smallest absolute Gasteiger partial charge is 0.336 e. The largest absolute Gasteiger partial charge is 0.478 e. The van der Waals surface area contributed by atoms with Crippen LogP contribution in [0.5, 0.6) is 0 Å². The van der Waals surface area contributed by atoms with Gasteiger partial charge in [-0.1, -0.05) is 22.0 Å². The van der Waals surface area contributed by atoms with E-state index < -0.39 is 5.97 Å². The minimum atomic E-state index is -0.915. The van der Waals surface area contributed by atoms with Crippen molar-refractivity contribution in [3.63, 3.8) is 0 Å². The third kappa shape index (κ3) is 2.56. The topological polar surface area (TPSA) is 63.3 Å². The minimum absolute atomic E-state index is 0.0493. The maximum absolute atomic E-state index is 10.9. The summed E-state index contributed by atoms with van der Waals surface area (Å²) >= 11 is 3.33. The summed E-state index contributed by atoms with van der Waals surface area (Å²) in [5.41, 5.74) is 6.72. The van der Waals surface area contributed by atoms with Crippen LogP contribution in [-0.2, 0) is 6.42 Å². The van der Waals surface area contributed by atoms with Crippen molar-refractivity contribution < 1.29 is 9.90 Å².